The first-order chi connectivity index (χ1) is 14.7. The second kappa shape index (κ2) is 6.19. The van der Waals surface area contributed by atoms with Crippen LogP contribution in [0, 0.1) is 6.92 Å². The highest BCUT2D eigenvalue weighted by Crippen LogP contribution is 2.33. The second-order valence-corrected chi connectivity index (χ2v) is 7.48. The molecule has 0 aliphatic rings. The average Bonchev–Trinajstić information content (AvgIpc) is 2.78. The van der Waals surface area contributed by atoms with Crippen LogP contribution in [0.3, 0.4) is 0 Å². The van der Waals surface area contributed by atoms with Gasteiger partial charge in [-0.3, -0.25) is 15.0 Å². The maximum Gasteiger partial charge on any atom is 0.0985 e. The van der Waals surface area contributed by atoms with Crippen LogP contribution in [0.4, 0.5) is 5.69 Å². The van der Waals surface area contributed by atoms with E-state index < -0.39 is 0 Å². The van der Waals surface area contributed by atoms with Crippen molar-refractivity contribution < 1.29 is 0 Å². The van der Waals surface area contributed by atoms with Crippen LogP contribution in [-0.2, 0) is 0 Å². The summed E-state index contributed by atoms with van der Waals surface area (Å²) >= 11 is 0. The molecule has 5 nitrogen and oxygen atoms in total. The summed E-state index contributed by atoms with van der Waals surface area (Å²) in [5.41, 5.74) is 13.3. The molecule has 0 spiro atoms. The molecule has 5 heteroatoms. The molecule has 0 aliphatic carbocycles. The van der Waals surface area contributed by atoms with Crippen molar-refractivity contribution in [2.45, 2.75) is 6.92 Å². The lowest BCUT2D eigenvalue weighted by molar-refractivity contribution is 1.25. The van der Waals surface area contributed by atoms with Crippen LogP contribution in [0.15, 0.2) is 73.1 Å². The summed E-state index contributed by atoms with van der Waals surface area (Å²) in [5, 5.41) is 4.00. The van der Waals surface area contributed by atoms with Crippen molar-refractivity contribution >= 4 is 49.3 Å². The van der Waals surface area contributed by atoms with E-state index in [-0.39, 0.29) is 0 Å². The zero-order chi connectivity index (χ0) is 20.2. The number of benzene rings is 2. The molecule has 0 atom stereocenters. The summed E-state index contributed by atoms with van der Waals surface area (Å²) in [5.74, 6) is 0. The van der Waals surface area contributed by atoms with Gasteiger partial charge in [-0.2, -0.15) is 0 Å². The van der Waals surface area contributed by atoms with Gasteiger partial charge in [-0.1, -0.05) is 24.3 Å². The largest absolute Gasteiger partial charge is 0.398 e. The van der Waals surface area contributed by atoms with Gasteiger partial charge in [-0.15, -0.1) is 0 Å². The Hall–Kier alpha value is -4.12. The molecule has 0 fully saturated rings. The number of aromatic nitrogens is 4. The minimum atomic E-state index is 0.711. The van der Waals surface area contributed by atoms with E-state index in [2.05, 4.69) is 34.2 Å². The van der Waals surface area contributed by atoms with Gasteiger partial charge in [0.05, 0.1) is 27.8 Å². The summed E-state index contributed by atoms with van der Waals surface area (Å²) < 4.78 is 0. The van der Waals surface area contributed by atoms with Gasteiger partial charge in [0.15, 0.2) is 0 Å². The predicted octanol–water partition coefficient (Wildman–Crippen LogP) is 5.44. The number of nitrogen functional groups attached to an aromatic ring is 1. The van der Waals surface area contributed by atoms with Crippen molar-refractivity contribution in [2.75, 3.05) is 5.73 Å². The Kier molecular flexibility index (Phi) is 3.47. The molecule has 30 heavy (non-hydrogen) atoms. The lowest BCUT2D eigenvalue weighted by atomic mass is 10.0. The molecule has 0 saturated heterocycles. The van der Waals surface area contributed by atoms with E-state index in [1.807, 2.05) is 49.5 Å². The zero-order valence-corrected chi connectivity index (χ0v) is 16.3. The van der Waals surface area contributed by atoms with E-state index in [1.165, 1.54) is 0 Å². The van der Waals surface area contributed by atoms with Crippen LogP contribution in [0.2, 0.25) is 0 Å². The molecule has 6 rings (SSSR count). The average molecular weight is 387 g/mol. The quantitative estimate of drug-likeness (QED) is 0.300. The van der Waals surface area contributed by atoms with Crippen LogP contribution in [0.5, 0.6) is 0 Å². The molecule has 6 aromatic rings. The molecule has 0 aliphatic heterocycles. The van der Waals surface area contributed by atoms with E-state index in [0.717, 1.165) is 60.6 Å². The van der Waals surface area contributed by atoms with E-state index in [0.29, 0.717) is 5.69 Å². The van der Waals surface area contributed by atoms with Gasteiger partial charge in [0, 0.05) is 50.9 Å². The van der Waals surface area contributed by atoms with Crippen LogP contribution in [0.1, 0.15) is 5.69 Å². The first kappa shape index (κ1) is 16.8. The van der Waals surface area contributed by atoms with Crippen LogP contribution in [-0.4, -0.2) is 19.9 Å². The fourth-order valence-electron chi connectivity index (χ4n) is 4.12. The molecule has 0 amide bonds. The van der Waals surface area contributed by atoms with Gasteiger partial charge in [0.25, 0.3) is 0 Å². The number of nitrogens with two attached hydrogens (primary N) is 1. The van der Waals surface area contributed by atoms with Crippen molar-refractivity contribution in [2.24, 2.45) is 0 Å². The molecule has 0 unspecified atom stereocenters. The van der Waals surface area contributed by atoms with E-state index in [9.17, 15) is 0 Å². The Labute approximate surface area is 172 Å². The first-order valence-corrected chi connectivity index (χ1v) is 9.78. The molecule has 0 radical (unpaired) electrons. The highest BCUT2D eigenvalue weighted by Gasteiger charge is 2.12. The van der Waals surface area contributed by atoms with Gasteiger partial charge in [0.2, 0.25) is 0 Å². The number of pyridine rings is 4. The minimum absolute atomic E-state index is 0.711. The molecular weight excluding hydrogens is 370 g/mol. The number of fused-ring (bicyclic) bond motifs is 6. The highest BCUT2D eigenvalue weighted by molar-refractivity contribution is 6.11. The number of rotatable bonds is 1. The SMILES string of the molecule is Cc1ccc2ccc3c(-c4ccc5cc(N)c6cccnc6c5n4)ccnc3c2n1. The third-order valence-electron chi connectivity index (χ3n) is 5.57. The fraction of sp³-hybridized carbons (Fsp3) is 0.0400. The van der Waals surface area contributed by atoms with E-state index >= 15 is 0 Å². The number of aryl methyl sites for hydroxylation is 1. The topological polar surface area (TPSA) is 77.6 Å². The van der Waals surface area contributed by atoms with Crippen molar-refractivity contribution in [3.63, 3.8) is 0 Å². The Bertz CT molecular complexity index is 1620. The summed E-state index contributed by atoms with van der Waals surface area (Å²) in [6.45, 7) is 2.00. The maximum atomic E-state index is 6.23. The first-order valence-electron chi connectivity index (χ1n) is 9.78. The normalized spacial score (nSPS) is 11.6. The van der Waals surface area contributed by atoms with Gasteiger partial charge in [-0.05, 0) is 43.3 Å². The Balaban J connectivity index is 1.67. The molecule has 0 bridgehead atoms. The van der Waals surface area contributed by atoms with Crippen LogP contribution in [0.25, 0.3) is 54.9 Å². The number of hydrogen-bond donors (Lipinski definition) is 1. The molecule has 4 aromatic heterocycles. The predicted molar refractivity (Wildman–Crippen MR) is 122 cm³/mol. The molecular formula is C25H17N5. The zero-order valence-electron chi connectivity index (χ0n) is 16.3. The van der Waals surface area contributed by atoms with Crippen LogP contribution >= 0.6 is 0 Å². The van der Waals surface area contributed by atoms with Gasteiger partial charge in [0.1, 0.15) is 0 Å². The number of nitrogens with zero attached hydrogens (tertiary/aromatic N) is 4. The van der Waals surface area contributed by atoms with Crippen molar-refractivity contribution in [1.29, 1.82) is 0 Å². The third-order valence-corrected chi connectivity index (χ3v) is 5.57. The Morgan fingerprint density at radius 1 is 0.667 bits per heavy atom. The maximum absolute atomic E-state index is 6.23. The number of anilines is 1. The third kappa shape index (κ3) is 2.42. The summed E-state index contributed by atoms with van der Waals surface area (Å²) in [7, 11) is 0. The van der Waals surface area contributed by atoms with Crippen LogP contribution < -0.4 is 5.73 Å². The lowest BCUT2D eigenvalue weighted by Crippen LogP contribution is -1.94. The molecule has 142 valence electrons. The van der Waals surface area contributed by atoms with Gasteiger partial charge >= 0.3 is 0 Å². The van der Waals surface area contributed by atoms with E-state index in [4.69, 9.17) is 15.7 Å². The fourth-order valence-corrected chi connectivity index (χ4v) is 4.12. The lowest BCUT2D eigenvalue weighted by Gasteiger charge is -2.10. The summed E-state index contributed by atoms with van der Waals surface area (Å²) in [4.78, 5) is 18.9. The van der Waals surface area contributed by atoms with Crippen molar-refractivity contribution in [1.82, 2.24) is 19.9 Å². The van der Waals surface area contributed by atoms with Crippen molar-refractivity contribution in [3.8, 4) is 11.3 Å². The standard InChI is InChI=1S/C25H17N5/c1-14-4-5-15-6-8-18-17(10-12-28-24(18)22(15)29-14)21-9-7-16-13-20(26)19-3-2-11-27-25(19)23(16)30-21/h2-13H,26H2,1H3. The van der Waals surface area contributed by atoms with Crippen molar-refractivity contribution in [3.05, 3.63) is 78.8 Å². The monoisotopic (exact) mass is 387 g/mol. The molecule has 2 aromatic carbocycles. The van der Waals surface area contributed by atoms with E-state index in [1.54, 1.807) is 6.20 Å². The molecule has 2 N–H and O–H groups in total. The highest BCUT2D eigenvalue weighted by atomic mass is 14.8. The Morgan fingerprint density at radius 3 is 2.37 bits per heavy atom. The molecule has 4 heterocycles. The minimum Gasteiger partial charge on any atom is -0.398 e. The van der Waals surface area contributed by atoms with Gasteiger partial charge < -0.3 is 5.73 Å². The second-order valence-electron chi connectivity index (χ2n) is 7.48. The number of hydrogen-bond acceptors (Lipinski definition) is 5. The van der Waals surface area contributed by atoms with Gasteiger partial charge in [-0.25, -0.2) is 4.98 Å². The smallest absolute Gasteiger partial charge is 0.0985 e. The molecule has 0 saturated carbocycles. The Morgan fingerprint density at radius 2 is 1.43 bits per heavy atom. The summed E-state index contributed by atoms with van der Waals surface area (Å²) in [6, 6.07) is 20.2. The summed E-state index contributed by atoms with van der Waals surface area (Å²) in [6.07, 6.45) is 3.60.